The van der Waals surface area contributed by atoms with E-state index in [-0.39, 0.29) is 6.10 Å². The summed E-state index contributed by atoms with van der Waals surface area (Å²) in [5, 5.41) is 3.94. The number of benzene rings is 1. The molecular formula is C13H15NO2. The van der Waals surface area contributed by atoms with E-state index in [2.05, 4.69) is 24.2 Å². The molecule has 1 aliphatic carbocycles. The van der Waals surface area contributed by atoms with Crippen molar-refractivity contribution >= 4 is 6.21 Å². The molecule has 0 radical (unpaired) electrons. The molecule has 3 nitrogen and oxygen atoms in total. The van der Waals surface area contributed by atoms with Crippen LogP contribution >= 0.6 is 0 Å². The van der Waals surface area contributed by atoms with Crippen LogP contribution in [0.2, 0.25) is 0 Å². The van der Waals surface area contributed by atoms with Crippen LogP contribution in [0.5, 0.6) is 5.75 Å². The third-order valence-electron chi connectivity index (χ3n) is 3.53. The minimum Gasteiger partial charge on any atom is -0.496 e. The molecule has 2 atom stereocenters. The fourth-order valence-electron chi connectivity index (χ4n) is 2.62. The van der Waals surface area contributed by atoms with Gasteiger partial charge in [0.05, 0.1) is 13.3 Å². The van der Waals surface area contributed by atoms with E-state index in [1.807, 2.05) is 6.21 Å². The summed E-state index contributed by atoms with van der Waals surface area (Å²) in [6, 6.07) is 4.32. The molecule has 0 fully saturated rings. The van der Waals surface area contributed by atoms with Gasteiger partial charge in [-0.05, 0) is 48.6 Å². The number of nitrogens with zero attached hydrogens (tertiary/aromatic N) is 1. The van der Waals surface area contributed by atoms with Gasteiger partial charge in [0.25, 0.3) is 0 Å². The van der Waals surface area contributed by atoms with Gasteiger partial charge < -0.3 is 9.57 Å². The van der Waals surface area contributed by atoms with E-state index >= 15 is 0 Å². The molecule has 2 aliphatic rings. The fourth-order valence-corrected chi connectivity index (χ4v) is 2.62. The molecule has 1 aromatic rings. The molecule has 1 aliphatic heterocycles. The summed E-state index contributed by atoms with van der Waals surface area (Å²) in [5.74, 6) is 1.43. The summed E-state index contributed by atoms with van der Waals surface area (Å²) in [4.78, 5) is 5.44. The van der Waals surface area contributed by atoms with Gasteiger partial charge in [-0.3, -0.25) is 0 Å². The predicted octanol–water partition coefficient (Wildman–Crippen LogP) is 2.62. The van der Waals surface area contributed by atoms with Crippen molar-refractivity contribution in [2.75, 3.05) is 7.11 Å². The quantitative estimate of drug-likeness (QED) is 0.724. The Bertz CT molecular complexity index is 453. The smallest absolute Gasteiger partial charge is 0.160 e. The lowest BCUT2D eigenvalue weighted by molar-refractivity contribution is 0.0541. The van der Waals surface area contributed by atoms with E-state index in [4.69, 9.17) is 9.57 Å². The van der Waals surface area contributed by atoms with Crippen molar-refractivity contribution < 1.29 is 9.57 Å². The Morgan fingerprint density at radius 1 is 1.44 bits per heavy atom. The van der Waals surface area contributed by atoms with Gasteiger partial charge in [-0.1, -0.05) is 5.16 Å². The highest BCUT2D eigenvalue weighted by atomic mass is 16.6. The average molecular weight is 217 g/mol. The maximum atomic E-state index is 5.44. The predicted molar refractivity (Wildman–Crippen MR) is 61.9 cm³/mol. The number of fused-ring (bicyclic) bond motifs is 3. The van der Waals surface area contributed by atoms with Gasteiger partial charge in [-0.25, -0.2) is 0 Å². The molecule has 0 saturated carbocycles. The van der Waals surface area contributed by atoms with E-state index < -0.39 is 0 Å². The normalized spacial score (nSPS) is 25.9. The summed E-state index contributed by atoms with van der Waals surface area (Å²) >= 11 is 0. The Morgan fingerprint density at radius 2 is 2.31 bits per heavy atom. The largest absolute Gasteiger partial charge is 0.496 e. The third-order valence-corrected chi connectivity index (χ3v) is 3.53. The monoisotopic (exact) mass is 217 g/mol. The minimum atomic E-state index is 0.133. The summed E-state index contributed by atoms with van der Waals surface area (Å²) in [7, 11) is 1.72. The summed E-state index contributed by atoms with van der Waals surface area (Å²) in [6.45, 7) is 2.07. The van der Waals surface area contributed by atoms with Crippen LogP contribution in [0.1, 0.15) is 29.2 Å². The zero-order valence-electron chi connectivity index (χ0n) is 9.56. The molecule has 0 saturated heterocycles. The molecule has 0 spiro atoms. The lowest BCUT2D eigenvalue weighted by Crippen LogP contribution is -2.19. The Labute approximate surface area is 95.1 Å². The summed E-state index contributed by atoms with van der Waals surface area (Å²) in [6.07, 6.45) is 4.27. The maximum absolute atomic E-state index is 5.44. The van der Waals surface area contributed by atoms with Crippen molar-refractivity contribution in [1.82, 2.24) is 0 Å². The lowest BCUT2D eigenvalue weighted by Gasteiger charge is -2.26. The Kier molecular flexibility index (Phi) is 2.13. The molecule has 0 bridgehead atoms. The van der Waals surface area contributed by atoms with Gasteiger partial charge in [-0.2, -0.15) is 0 Å². The van der Waals surface area contributed by atoms with Crippen LogP contribution in [-0.2, 0) is 11.3 Å². The second-order valence-electron chi connectivity index (χ2n) is 4.50. The molecule has 0 unspecified atom stereocenters. The molecule has 0 N–H and O–H groups in total. The number of ether oxygens (including phenoxy) is 1. The minimum absolute atomic E-state index is 0.133. The molecule has 1 heterocycles. The van der Waals surface area contributed by atoms with Crippen molar-refractivity contribution in [3.05, 3.63) is 28.8 Å². The van der Waals surface area contributed by atoms with Crippen molar-refractivity contribution in [2.45, 2.75) is 25.9 Å². The van der Waals surface area contributed by atoms with E-state index in [9.17, 15) is 0 Å². The number of oxime groups is 1. The van der Waals surface area contributed by atoms with Gasteiger partial charge >= 0.3 is 0 Å². The van der Waals surface area contributed by atoms with Crippen molar-refractivity contribution in [3.63, 3.8) is 0 Å². The number of hydrogen-bond acceptors (Lipinski definition) is 3. The van der Waals surface area contributed by atoms with E-state index in [1.54, 1.807) is 7.11 Å². The highest BCUT2D eigenvalue weighted by Gasteiger charge is 2.34. The van der Waals surface area contributed by atoms with Gasteiger partial charge in [0.1, 0.15) is 5.75 Å². The van der Waals surface area contributed by atoms with Crippen LogP contribution in [0.15, 0.2) is 17.3 Å². The number of methoxy groups -OCH3 is 1. The van der Waals surface area contributed by atoms with Gasteiger partial charge in [0.2, 0.25) is 0 Å². The molecule has 3 heteroatoms. The molecule has 1 aromatic carbocycles. The molecule has 0 amide bonds. The van der Waals surface area contributed by atoms with Crippen LogP contribution < -0.4 is 4.74 Å². The first-order valence-corrected chi connectivity index (χ1v) is 5.66. The van der Waals surface area contributed by atoms with E-state index in [0.29, 0.717) is 5.92 Å². The summed E-state index contributed by atoms with van der Waals surface area (Å²) < 4.78 is 5.35. The lowest BCUT2D eigenvalue weighted by atomic mass is 9.81. The Balaban J connectivity index is 2.07. The topological polar surface area (TPSA) is 30.8 Å². The second kappa shape index (κ2) is 3.51. The standard InChI is InChI=1S/C13H15NO2/c1-8-5-11-9(6-12(8)15-2)3-4-10-7-14-16-13(10)11/h5-7,10,13H,3-4H2,1-2H3/t10-,13-/m1/s1. The van der Waals surface area contributed by atoms with Crippen LogP contribution in [0.4, 0.5) is 0 Å². The van der Waals surface area contributed by atoms with Crippen molar-refractivity contribution in [2.24, 2.45) is 11.1 Å². The first-order valence-electron chi connectivity index (χ1n) is 5.66. The number of aryl methyl sites for hydroxylation is 2. The van der Waals surface area contributed by atoms with Crippen LogP contribution in [0, 0.1) is 12.8 Å². The first-order chi connectivity index (χ1) is 7.79. The molecule has 16 heavy (non-hydrogen) atoms. The van der Waals surface area contributed by atoms with Crippen molar-refractivity contribution in [3.8, 4) is 5.75 Å². The number of hydrogen-bond donors (Lipinski definition) is 0. The average Bonchev–Trinajstić information content (AvgIpc) is 2.76. The molecule has 84 valence electrons. The van der Waals surface area contributed by atoms with Gasteiger partial charge in [0, 0.05) is 5.92 Å². The third kappa shape index (κ3) is 1.31. The SMILES string of the molecule is COc1cc2c(cc1C)[C@@H]1ON=C[C@H]1CC2. The van der Waals surface area contributed by atoms with E-state index in [1.165, 1.54) is 11.1 Å². The number of rotatable bonds is 1. The fraction of sp³-hybridized carbons (Fsp3) is 0.462. The zero-order chi connectivity index (χ0) is 11.1. The molecule has 3 rings (SSSR count). The van der Waals surface area contributed by atoms with Crippen LogP contribution in [-0.4, -0.2) is 13.3 Å². The Morgan fingerprint density at radius 3 is 3.12 bits per heavy atom. The first kappa shape index (κ1) is 9.70. The van der Waals surface area contributed by atoms with Crippen LogP contribution in [0.25, 0.3) is 0 Å². The summed E-state index contributed by atoms with van der Waals surface area (Å²) in [5.41, 5.74) is 3.79. The van der Waals surface area contributed by atoms with Gasteiger partial charge in [0.15, 0.2) is 6.10 Å². The Hall–Kier alpha value is -1.51. The molecular weight excluding hydrogens is 202 g/mol. The zero-order valence-corrected chi connectivity index (χ0v) is 9.56. The highest BCUT2D eigenvalue weighted by Crippen LogP contribution is 2.41. The maximum Gasteiger partial charge on any atom is 0.160 e. The van der Waals surface area contributed by atoms with Crippen molar-refractivity contribution in [1.29, 1.82) is 0 Å². The molecule has 0 aromatic heterocycles. The van der Waals surface area contributed by atoms with Crippen LogP contribution in [0.3, 0.4) is 0 Å². The van der Waals surface area contributed by atoms with Gasteiger partial charge in [-0.15, -0.1) is 0 Å². The highest BCUT2D eigenvalue weighted by molar-refractivity contribution is 5.64. The van der Waals surface area contributed by atoms with E-state index in [0.717, 1.165) is 24.2 Å². The second-order valence-corrected chi connectivity index (χ2v) is 4.50.